The lowest BCUT2D eigenvalue weighted by atomic mass is 10.2. The van der Waals surface area contributed by atoms with Crippen LogP contribution in [-0.4, -0.2) is 10.1 Å². The summed E-state index contributed by atoms with van der Waals surface area (Å²) in [5.74, 6) is 0.592. The summed E-state index contributed by atoms with van der Waals surface area (Å²) in [6.45, 7) is 0. The van der Waals surface area contributed by atoms with Crippen LogP contribution < -0.4 is 0 Å². The van der Waals surface area contributed by atoms with Gasteiger partial charge in [0.25, 0.3) is 0 Å². The fourth-order valence-electron chi connectivity index (χ4n) is 1.73. The van der Waals surface area contributed by atoms with Gasteiger partial charge in [0.2, 0.25) is 0 Å². The van der Waals surface area contributed by atoms with Crippen molar-refractivity contribution in [1.82, 2.24) is 4.98 Å². The van der Waals surface area contributed by atoms with Gasteiger partial charge in [-0.05, 0) is 24.3 Å². The monoisotopic (exact) mass is 245 g/mol. The minimum absolute atomic E-state index is 0.0858. The van der Waals surface area contributed by atoms with Crippen LogP contribution in [0.2, 0.25) is 5.02 Å². The molecule has 3 aromatic rings. The number of nitrogens with zero attached hydrogens (tertiary/aromatic N) is 1. The van der Waals surface area contributed by atoms with Gasteiger partial charge in [-0.25, -0.2) is 4.98 Å². The van der Waals surface area contributed by atoms with Crippen LogP contribution in [0.3, 0.4) is 0 Å². The van der Waals surface area contributed by atoms with Crippen LogP contribution in [0.1, 0.15) is 0 Å². The Labute approximate surface area is 102 Å². The number of para-hydroxylation sites is 1. The Morgan fingerprint density at radius 3 is 2.82 bits per heavy atom. The molecule has 0 saturated heterocycles. The summed E-state index contributed by atoms with van der Waals surface area (Å²) < 4.78 is 5.61. The molecule has 3 nitrogen and oxygen atoms in total. The van der Waals surface area contributed by atoms with E-state index in [2.05, 4.69) is 4.98 Å². The van der Waals surface area contributed by atoms with Crippen LogP contribution in [0, 0.1) is 0 Å². The minimum Gasteiger partial charge on any atom is -0.506 e. The van der Waals surface area contributed by atoms with E-state index in [-0.39, 0.29) is 5.75 Å². The Morgan fingerprint density at radius 1 is 1.18 bits per heavy atom. The summed E-state index contributed by atoms with van der Waals surface area (Å²) in [6.07, 6.45) is 1.60. The van der Waals surface area contributed by atoms with Gasteiger partial charge in [-0.3, -0.25) is 0 Å². The van der Waals surface area contributed by atoms with E-state index in [4.69, 9.17) is 16.0 Å². The maximum absolute atomic E-state index is 9.70. The van der Waals surface area contributed by atoms with Crippen molar-refractivity contribution < 1.29 is 9.52 Å². The fourth-order valence-corrected chi connectivity index (χ4v) is 1.95. The number of fused-ring (bicyclic) bond motifs is 1. The zero-order chi connectivity index (χ0) is 11.8. The van der Waals surface area contributed by atoms with Gasteiger partial charge < -0.3 is 9.52 Å². The average molecular weight is 246 g/mol. The molecule has 0 bridgehead atoms. The van der Waals surface area contributed by atoms with Crippen LogP contribution in [0.15, 0.2) is 47.0 Å². The molecule has 0 aliphatic carbocycles. The van der Waals surface area contributed by atoms with Crippen LogP contribution in [0.25, 0.3) is 22.4 Å². The standard InChI is InChI=1S/C13H8ClNO2/c14-9-4-1-3-8-7-11(17-13(8)9)12-10(16)5-2-6-15-12/h1-7,16H. The minimum atomic E-state index is 0.0858. The molecule has 1 N–H and O–H groups in total. The van der Waals surface area contributed by atoms with E-state index >= 15 is 0 Å². The first-order valence-corrected chi connectivity index (χ1v) is 5.46. The van der Waals surface area contributed by atoms with Crippen molar-refractivity contribution in [3.05, 3.63) is 47.6 Å². The Balaban J connectivity index is 2.26. The van der Waals surface area contributed by atoms with Gasteiger partial charge in [-0.2, -0.15) is 0 Å². The number of benzene rings is 1. The number of hydrogen-bond acceptors (Lipinski definition) is 3. The molecular formula is C13H8ClNO2. The molecule has 0 fully saturated rings. The molecule has 84 valence electrons. The van der Waals surface area contributed by atoms with Gasteiger partial charge in [0.05, 0.1) is 5.02 Å². The van der Waals surface area contributed by atoms with E-state index in [0.29, 0.717) is 22.1 Å². The molecule has 0 aliphatic heterocycles. The van der Waals surface area contributed by atoms with Crippen LogP contribution >= 0.6 is 11.6 Å². The SMILES string of the molecule is Oc1cccnc1-c1cc2cccc(Cl)c2o1. The predicted molar refractivity (Wildman–Crippen MR) is 66.1 cm³/mol. The third-order valence-electron chi connectivity index (χ3n) is 2.52. The highest BCUT2D eigenvalue weighted by Crippen LogP contribution is 2.34. The Kier molecular flexibility index (Phi) is 2.27. The van der Waals surface area contributed by atoms with E-state index in [1.165, 1.54) is 0 Å². The molecule has 0 spiro atoms. The summed E-state index contributed by atoms with van der Waals surface area (Å²) >= 11 is 6.02. The summed E-state index contributed by atoms with van der Waals surface area (Å²) in [7, 11) is 0. The van der Waals surface area contributed by atoms with Crippen molar-refractivity contribution in [2.75, 3.05) is 0 Å². The molecule has 0 radical (unpaired) electrons. The van der Waals surface area contributed by atoms with Crippen molar-refractivity contribution in [2.45, 2.75) is 0 Å². The maximum Gasteiger partial charge on any atom is 0.157 e. The number of aromatic nitrogens is 1. The number of aromatic hydroxyl groups is 1. The molecule has 3 rings (SSSR count). The van der Waals surface area contributed by atoms with Crippen molar-refractivity contribution in [2.24, 2.45) is 0 Å². The first-order valence-electron chi connectivity index (χ1n) is 5.08. The third kappa shape index (κ3) is 1.65. The third-order valence-corrected chi connectivity index (χ3v) is 2.81. The lowest BCUT2D eigenvalue weighted by molar-refractivity contribution is 0.472. The molecule has 0 saturated carbocycles. The summed E-state index contributed by atoms with van der Waals surface area (Å²) in [5, 5.41) is 11.1. The van der Waals surface area contributed by atoms with Crippen molar-refractivity contribution in [3.8, 4) is 17.2 Å². The number of pyridine rings is 1. The first kappa shape index (κ1) is 10.2. The first-order chi connectivity index (χ1) is 8.25. The highest BCUT2D eigenvalue weighted by molar-refractivity contribution is 6.34. The molecular weight excluding hydrogens is 238 g/mol. The second-order valence-electron chi connectivity index (χ2n) is 3.64. The number of furan rings is 1. The quantitative estimate of drug-likeness (QED) is 0.708. The summed E-state index contributed by atoms with van der Waals surface area (Å²) in [6, 6.07) is 10.5. The second kappa shape index (κ2) is 3.79. The maximum atomic E-state index is 9.70. The van der Waals surface area contributed by atoms with E-state index in [1.54, 1.807) is 24.4 Å². The van der Waals surface area contributed by atoms with Gasteiger partial charge >= 0.3 is 0 Å². The summed E-state index contributed by atoms with van der Waals surface area (Å²) in [4.78, 5) is 4.09. The van der Waals surface area contributed by atoms with Gasteiger partial charge in [-0.15, -0.1) is 0 Å². The van der Waals surface area contributed by atoms with Crippen LogP contribution in [0.5, 0.6) is 5.75 Å². The molecule has 0 unspecified atom stereocenters. The van der Waals surface area contributed by atoms with Gasteiger partial charge in [0.1, 0.15) is 11.4 Å². The topological polar surface area (TPSA) is 46.3 Å². The van der Waals surface area contributed by atoms with Gasteiger partial charge in [0, 0.05) is 11.6 Å². The van der Waals surface area contributed by atoms with Crippen LogP contribution in [0.4, 0.5) is 0 Å². The number of halogens is 1. The molecule has 4 heteroatoms. The predicted octanol–water partition coefficient (Wildman–Crippen LogP) is 3.85. The smallest absolute Gasteiger partial charge is 0.157 e. The van der Waals surface area contributed by atoms with E-state index in [1.807, 2.05) is 18.2 Å². The van der Waals surface area contributed by atoms with E-state index in [9.17, 15) is 5.11 Å². The van der Waals surface area contributed by atoms with Crippen molar-refractivity contribution in [3.63, 3.8) is 0 Å². The molecule has 17 heavy (non-hydrogen) atoms. The molecule has 2 aromatic heterocycles. The Hall–Kier alpha value is -2.00. The number of rotatable bonds is 1. The Morgan fingerprint density at radius 2 is 2.06 bits per heavy atom. The zero-order valence-corrected chi connectivity index (χ0v) is 9.48. The zero-order valence-electron chi connectivity index (χ0n) is 8.72. The second-order valence-corrected chi connectivity index (χ2v) is 4.05. The number of hydrogen-bond donors (Lipinski definition) is 1. The normalized spacial score (nSPS) is 10.9. The molecule has 1 aromatic carbocycles. The van der Waals surface area contributed by atoms with Crippen molar-refractivity contribution in [1.29, 1.82) is 0 Å². The van der Waals surface area contributed by atoms with Gasteiger partial charge in [0.15, 0.2) is 11.3 Å². The summed E-state index contributed by atoms with van der Waals surface area (Å²) in [5.41, 5.74) is 1.02. The molecule has 0 atom stereocenters. The molecule has 0 aliphatic rings. The van der Waals surface area contributed by atoms with Crippen molar-refractivity contribution >= 4 is 22.6 Å². The van der Waals surface area contributed by atoms with Crippen LogP contribution in [-0.2, 0) is 0 Å². The lowest BCUT2D eigenvalue weighted by Gasteiger charge is -1.97. The highest BCUT2D eigenvalue weighted by Gasteiger charge is 2.12. The molecule has 2 heterocycles. The fraction of sp³-hybridized carbons (Fsp3) is 0. The average Bonchev–Trinajstić information content (AvgIpc) is 2.75. The lowest BCUT2D eigenvalue weighted by Crippen LogP contribution is -1.79. The van der Waals surface area contributed by atoms with E-state index in [0.717, 1.165) is 5.39 Å². The highest BCUT2D eigenvalue weighted by atomic mass is 35.5. The van der Waals surface area contributed by atoms with Gasteiger partial charge in [-0.1, -0.05) is 23.7 Å². The van der Waals surface area contributed by atoms with E-state index < -0.39 is 0 Å². The molecule has 0 amide bonds. The Bertz CT molecular complexity index is 691. The largest absolute Gasteiger partial charge is 0.506 e.